The van der Waals surface area contributed by atoms with Gasteiger partial charge in [-0.05, 0) is 0 Å². The average Bonchev–Trinajstić information content (AvgIpc) is 3.16. The third kappa shape index (κ3) is 2.75. The molecule has 0 saturated carbocycles. The molecular formula is C20H10N4O6. The molecule has 0 atom stereocenters. The first-order valence-electron chi connectivity index (χ1n) is 8.46. The lowest BCUT2D eigenvalue weighted by Crippen LogP contribution is -2.36. The highest BCUT2D eigenvalue weighted by Crippen LogP contribution is 2.03. The topological polar surface area (TPSA) is 158 Å². The Bertz CT molecular complexity index is 1470. The first kappa shape index (κ1) is 18.7. The molecule has 10 heteroatoms. The van der Waals surface area contributed by atoms with Crippen molar-refractivity contribution in [1.82, 2.24) is 0 Å². The summed E-state index contributed by atoms with van der Waals surface area (Å²) < 4.78 is 0. The zero-order valence-corrected chi connectivity index (χ0v) is 14.9. The Morgan fingerprint density at radius 2 is 0.800 bits per heavy atom. The van der Waals surface area contributed by atoms with E-state index in [9.17, 15) is 29.6 Å². The van der Waals surface area contributed by atoms with Crippen molar-refractivity contribution in [2.75, 3.05) is 0 Å². The molecular weight excluding hydrogens is 392 g/mol. The van der Waals surface area contributed by atoms with Crippen LogP contribution in [0.4, 0.5) is 0 Å². The van der Waals surface area contributed by atoms with Crippen molar-refractivity contribution in [2.24, 2.45) is 20.3 Å². The molecule has 0 unspecified atom stereocenters. The lowest BCUT2D eigenvalue weighted by molar-refractivity contribution is 0.313. The zero-order chi connectivity index (χ0) is 21.4. The van der Waals surface area contributed by atoms with E-state index < -0.39 is 44.1 Å². The van der Waals surface area contributed by atoms with Crippen LogP contribution in [-0.2, 0) is 0 Å². The van der Waals surface area contributed by atoms with E-state index in [1.807, 2.05) is 0 Å². The summed E-state index contributed by atoms with van der Waals surface area (Å²) in [6, 6.07) is 12.0. The second-order valence-electron chi connectivity index (χ2n) is 6.18. The van der Waals surface area contributed by atoms with Crippen molar-refractivity contribution in [3.05, 3.63) is 100 Å². The number of hydrogen-bond donors (Lipinski definition) is 2. The first-order chi connectivity index (χ1) is 14.5. The fourth-order valence-corrected chi connectivity index (χ4v) is 3.12. The predicted octanol–water partition coefficient (Wildman–Crippen LogP) is -0.738. The summed E-state index contributed by atoms with van der Waals surface area (Å²) >= 11 is 0. The summed E-state index contributed by atoms with van der Waals surface area (Å²) in [4.78, 5) is 57.1. The Kier molecular flexibility index (Phi) is 4.43. The Morgan fingerprint density at radius 3 is 1.03 bits per heavy atom. The van der Waals surface area contributed by atoms with E-state index in [0.29, 0.717) is 0 Å². The fourth-order valence-electron chi connectivity index (χ4n) is 3.12. The second-order valence-corrected chi connectivity index (χ2v) is 6.18. The van der Waals surface area contributed by atoms with Crippen LogP contribution in [0.15, 0.2) is 88.0 Å². The van der Waals surface area contributed by atoms with Gasteiger partial charge in [0.05, 0.1) is 0 Å². The van der Waals surface area contributed by atoms with Crippen LogP contribution in [0.1, 0.15) is 0 Å². The van der Waals surface area contributed by atoms with Crippen LogP contribution in [0.2, 0.25) is 0 Å². The van der Waals surface area contributed by atoms with Gasteiger partial charge < -0.3 is 10.4 Å². The lowest BCUT2D eigenvalue weighted by atomic mass is 10.2. The molecule has 0 fully saturated rings. The van der Waals surface area contributed by atoms with Gasteiger partial charge in [0.1, 0.15) is 0 Å². The van der Waals surface area contributed by atoms with Crippen molar-refractivity contribution < 1.29 is 10.4 Å². The molecule has 10 nitrogen and oxygen atoms in total. The standard InChI is InChI=1S/C20H10N4O6/c25-15-9-5-1-2-6-10(9)16(26)13(15)21-19(23-29)20(24-30)22-14-17(27)11-7-3-4-8-12(11)18(14)28/h1-8,29-30H. The minimum absolute atomic E-state index is 0.115. The Balaban J connectivity index is 1.96. The molecule has 30 heavy (non-hydrogen) atoms. The largest absolute Gasteiger partial charge is 0.409 e. The highest BCUT2D eigenvalue weighted by molar-refractivity contribution is 6.40. The van der Waals surface area contributed by atoms with Gasteiger partial charge in [-0.25, -0.2) is 9.98 Å². The quantitative estimate of drug-likeness (QED) is 0.171. The number of fused-ring (bicyclic) bond motifs is 2. The van der Waals surface area contributed by atoms with E-state index in [1.54, 1.807) is 24.3 Å². The van der Waals surface area contributed by atoms with Gasteiger partial charge in [0.15, 0.2) is 10.7 Å². The van der Waals surface area contributed by atoms with E-state index in [-0.39, 0.29) is 21.5 Å². The highest BCUT2D eigenvalue weighted by Gasteiger charge is 2.17. The SMILES string of the molecule is O=c1c(=NC(=NO)C(=NO)N=c2c(=O)c3ccccc3c2=O)c(=O)c2ccccc12. The van der Waals surface area contributed by atoms with Crippen LogP contribution in [0.5, 0.6) is 0 Å². The Morgan fingerprint density at radius 1 is 0.533 bits per heavy atom. The summed E-state index contributed by atoms with van der Waals surface area (Å²) in [5.74, 6) is -1.66. The van der Waals surface area contributed by atoms with Crippen molar-refractivity contribution in [3.63, 3.8) is 0 Å². The van der Waals surface area contributed by atoms with Crippen LogP contribution in [-0.4, -0.2) is 22.1 Å². The van der Waals surface area contributed by atoms with E-state index >= 15 is 0 Å². The molecule has 146 valence electrons. The Labute approximate surface area is 164 Å². The van der Waals surface area contributed by atoms with Crippen LogP contribution >= 0.6 is 0 Å². The number of oxime groups is 2. The number of nitrogens with zero attached hydrogens (tertiary/aromatic N) is 4. The minimum Gasteiger partial charge on any atom is -0.409 e. The van der Waals surface area contributed by atoms with E-state index in [1.165, 1.54) is 24.3 Å². The normalized spacial score (nSPS) is 12.5. The van der Waals surface area contributed by atoms with Gasteiger partial charge in [0, 0.05) is 21.5 Å². The predicted molar refractivity (Wildman–Crippen MR) is 107 cm³/mol. The molecule has 0 aliphatic rings. The molecule has 4 aromatic rings. The third-order valence-corrected chi connectivity index (χ3v) is 4.52. The van der Waals surface area contributed by atoms with Gasteiger partial charge >= 0.3 is 0 Å². The second kappa shape index (κ2) is 7.09. The average molecular weight is 402 g/mol. The summed E-state index contributed by atoms with van der Waals surface area (Å²) in [6.07, 6.45) is 0. The van der Waals surface area contributed by atoms with Crippen molar-refractivity contribution in [1.29, 1.82) is 0 Å². The molecule has 0 aromatic heterocycles. The van der Waals surface area contributed by atoms with E-state index in [2.05, 4.69) is 20.3 Å². The van der Waals surface area contributed by atoms with Gasteiger partial charge in [0.2, 0.25) is 33.4 Å². The Hall–Kier alpha value is -4.60. The summed E-state index contributed by atoms with van der Waals surface area (Å²) in [7, 11) is 0. The van der Waals surface area contributed by atoms with Gasteiger partial charge in [-0.15, -0.1) is 0 Å². The molecule has 4 rings (SSSR count). The van der Waals surface area contributed by atoms with Crippen LogP contribution in [0.25, 0.3) is 21.5 Å². The van der Waals surface area contributed by atoms with E-state index in [4.69, 9.17) is 0 Å². The van der Waals surface area contributed by atoms with E-state index in [0.717, 1.165) is 0 Å². The highest BCUT2D eigenvalue weighted by atomic mass is 16.4. The van der Waals surface area contributed by atoms with Gasteiger partial charge in [-0.2, -0.15) is 0 Å². The third-order valence-electron chi connectivity index (χ3n) is 4.52. The summed E-state index contributed by atoms with van der Waals surface area (Å²) in [6.45, 7) is 0. The smallest absolute Gasteiger partial charge is 0.240 e. The zero-order valence-electron chi connectivity index (χ0n) is 14.9. The molecule has 4 aromatic carbocycles. The molecule has 0 bridgehead atoms. The minimum atomic E-state index is -0.828. The van der Waals surface area contributed by atoms with Crippen molar-refractivity contribution in [3.8, 4) is 0 Å². The number of rotatable bonds is 0. The summed E-state index contributed by atoms with van der Waals surface area (Å²) in [5.41, 5.74) is -2.88. The van der Waals surface area contributed by atoms with Crippen molar-refractivity contribution in [2.45, 2.75) is 0 Å². The molecule has 2 N–H and O–H groups in total. The first-order valence-corrected chi connectivity index (χ1v) is 8.46. The van der Waals surface area contributed by atoms with Crippen molar-refractivity contribution >= 4 is 33.2 Å². The van der Waals surface area contributed by atoms with Crippen LogP contribution in [0, 0.1) is 0 Å². The molecule has 0 radical (unpaired) electrons. The molecule has 0 aliphatic heterocycles. The monoisotopic (exact) mass is 402 g/mol. The van der Waals surface area contributed by atoms with Gasteiger partial charge in [-0.1, -0.05) is 58.8 Å². The summed E-state index contributed by atoms with van der Waals surface area (Å²) in [5, 5.41) is 23.5. The number of hydrogen-bond acceptors (Lipinski definition) is 8. The molecule has 0 amide bonds. The van der Waals surface area contributed by atoms with Gasteiger partial charge in [-0.3, -0.25) is 19.2 Å². The van der Waals surface area contributed by atoms with Crippen LogP contribution in [0.3, 0.4) is 0 Å². The molecule has 0 spiro atoms. The number of amidine groups is 2. The fraction of sp³-hybridized carbons (Fsp3) is 0. The lowest BCUT2D eigenvalue weighted by Gasteiger charge is -1.93. The van der Waals surface area contributed by atoms with Gasteiger partial charge in [0.25, 0.3) is 0 Å². The molecule has 0 heterocycles. The number of benzene rings is 2. The maximum absolute atomic E-state index is 12.4. The molecule has 0 saturated heterocycles. The maximum atomic E-state index is 12.4. The maximum Gasteiger partial charge on any atom is 0.240 e. The molecule has 0 aliphatic carbocycles. The van der Waals surface area contributed by atoms with Crippen LogP contribution < -0.4 is 32.4 Å².